The predicted octanol–water partition coefficient (Wildman–Crippen LogP) is 1.30. The number of esters is 1. The normalized spacial score (nSPS) is 11.4. The highest BCUT2D eigenvalue weighted by molar-refractivity contribution is 5.98. The first-order valence-electron chi connectivity index (χ1n) is 6.16. The maximum absolute atomic E-state index is 11.9. The summed E-state index contributed by atoms with van der Waals surface area (Å²) < 4.78 is 5.03. The Morgan fingerprint density at radius 2 is 1.85 bits per heavy atom. The number of aryl methyl sites for hydroxylation is 2. The van der Waals surface area contributed by atoms with Gasteiger partial charge in [0.25, 0.3) is 5.91 Å². The fourth-order valence-corrected chi connectivity index (χ4v) is 1.60. The van der Waals surface area contributed by atoms with Crippen molar-refractivity contribution in [3.8, 4) is 0 Å². The molecule has 20 heavy (non-hydrogen) atoms. The van der Waals surface area contributed by atoms with Gasteiger partial charge in [0, 0.05) is 7.05 Å². The molecule has 6 heteroatoms. The van der Waals surface area contributed by atoms with Crippen LogP contribution in [0.5, 0.6) is 0 Å². The fraction of sp³-hybridized carbons (Fsp3) is 0.357. The van der Waals surface area contributed by atoms with E-state index in [1.54, 1.807) is 19.1 Å². The maximum atomic E-state index is 11.9. The van der Waals surface area contributed by atoms with E-state index < -0.39 is 24.0 Å². The molecule has 0 fully saturated rings. The average molecular weight is 278 g/mol. The molecule has 6 nitrogen and oxygen atoms in total. The van der Waals surface area contributed by atoms with Crippen LogP contribution in [0.15, 0.2) is 18.2 Å². The maximum Gasteiger partial charge on any atom is 0.339 e. The van der Waals surface area contributed by atoms with Crippen molar-refractivity contribution in [3.05, 3.63) is 34.9 Å². The minimum absolute atomic E-state index is 0.398. The van der Waals surface area contributed by atoms with E-state index in [1.807, 2.05) is 18.3 Å². The quantitative estimate of drug-likeness (QED) is 0.816. The molecular weight excluding hydrogens is 260 g/mol. The highest BCUT2D eigenvalue weighted by Gasteiger charge is 2.21. The summed E-state index contributed by atoms with van der Waals surface area (Å²) in [6, 6.07) is 4.64. The van der Waals surface area contributed by atoms with Gasteiger partial charge in [-0.05, 0) is 32.4 Å². The summed E-state index contributed by atoms with van der Waals surface area (Å²) in [5.41, 5.74) is 2.20. The Morgan fingerprint density at radius 1 is 1.20 bits per heavy atom. The second-order valence-corrected chi connectivity index (χ2v) is 4.43. The zero-order valence-electron chi connectivity index (χ0n) is 11.9. The number of nitrogens with one attached hydrogen (secondary N) is 2. The molecule has 0 radical (unpaired) electrons. The molecule has 0 unspecified atom stereocenters. The van der Waals surface area contributed by atoms with Gasteiger partial charge in [0.05, 0.1) is 5.56 Å². The number of carbonyl (C=O) groups is 3. The van der Waals surface area contributed by atoms with Gasteiger partial charge in [0.15, 0.2) is 6.10 Å². The van der Waals surface area contributed by atoms with Gasteiger partial charge in [0.2, 0.25) is 0 Å². The Kier molecular flexibility index (Phi) is 5.25. The van der Waals surface area contributed by atoms with Crippen LogP contribution in [-0.2, 0) is 9.53 Å². The van der Waals surface area contributed by atoms with Crippen molar-refractivity contribution in [2.24, 2.45) is 0 Å². The van der Waals surface area contributed by atoms with Gasteiger partial charge < -0.3 is 10.1 Å². The van der Waals surface area contributed by atoms with Gasteiger partial charge >= 0.3 is 12.0 Å². The summed E-state index contributed by atoms with van der Waals surface area (Å²) >= 11 is 0. The molecule has 0 aliphatic carbocycles. The van der Waals surface area contributed by atoms with Gasteiger partial charge in [-0.25, -0.2) is 9.59 Å². The molecule has 0 spiro atoms. The van der Waals surface area contributed by atoms with Crippen LogP contribution in [0, 0.1) is 13.8 Å². The second-order valence-electron chi connectivity index (χ2n) is 4.43. The molecule has 2 N–H and O–H groups in total. The molecule has 1 atom stereocenters. The molecular formula is C14H18N2O4. The van der Waals surface area contributed by atoms with Crippen molar-refractivity contribution >= 4 is 17.9 Å². The van der Waals surface area contributed by atoms with Crippen molar-refractivity contribution in [1.29, 1.82) is 0 Å². The molecule has 1 aromatic carbocycles. The zero-order valence-corrected chi connectivity index (χ0v) is 11.9. The molecule has 0 bridgehead atoms. The lowest BCUT2D eigenvalue weighted by molar-refractivity contribution is -0.127. The third-order valence-corrected chi connectivity index (χ3v) is 2.72. The molecule has 108 valence electrons. The predicted molar refractivity (Wildman–Crippen MR) is 73.4 cm³/mol. The van der Waals surface area contributed by atoms with Crippen molar-refractivity contribution in [1.82, 2.24) is 10.6 Å². The molecule has 0 saturated heterocycles. The summed E-state index contributed by atoms with van der Waals surface area (Å²) in [5, 5.41) is 4.28. The number of hydrogen-bond acceptors (Lipinski definition) is 4. The van der Waals surface area contributed by atoms with E-state index in [9.17, 15) is 14.4 Å². The lowest BCUT2D eigenvalue weighted by Crippen LogP contribution is -2.43. The Hall–Kier alpha value is -2.37. The third kappa shape index (κ3) is 4.08. The molecule has 1 aromatic rings. The minimum Gasteiger partial charge on any atom is -0.449 e. The van der Waals surface area contributed by atoms with Crippen molar-refractivity contribution in [2.45, 2.75) is 26.9 Å². The number of benzene rings is 1. The van der Waals surface area contributed by atoms with Crippen LogP contribution in [0.1, 0.15) is 28.4 Å². The van der Waals surface area contributed by atoms with Crippen LogP contribution in [0.25, 0.3) is 0 Å². The van der Waals surface area contributed by atoms with E-state index in [2.05, 4.69) is 5.32 Å². The van der Waals surface area contributed by atoms with Crippen molar-refractivity contribution < 1.29 is 19.1 Å². The average Bonchev–Trinajstić information content (AvgIpc) is 2.37. The van der Waals surface area contributed by atoms with Gasteiger partial charge in [-0.1, -0.05) is 17.7 Å². The molecule has 3 amide bonds. The summed E-state index contributed by atoms with van der Waals surface area (Å²) in [6.45, 7) is 5.11. The van der Waals surface area contributed by atoms with Crippen LogP contribution < -0.4 is 10.6 Å². The highest BCUT2D eigenvalue weighted by Crippen LogP contribution is 2.12. The van der Waals surface area contributed by atoms with E-state index in [1.165, 1.54) is 14.0 Å². The molecule has 0 aliphatic rings. The van der Waals surface area contributed by atoms with Gasteiger partial charge in [0.1, 0.15) is 0 Å². The van der Waals surface area contributed by atoms with Crippen LogP contribution >= 0.6 is 0 Å². The number of rotatable bonds is 3. The van der Waals surface area contributed by atoms with Gasteiger partial charge in [-0.2, -0.15) is 0 Å². The van der Waals surface area contributed by atoms with Crippen molar-refractivity contribution in [2.75, 3.05) is 7.05 Å². The Morgan fingerprint density at radius 3 is 2.40 bits per heavy atom. The minimum atomic E-state index is -1.06. The van der Waals surface area contributed by atoms with E-state index in [0.717, 1.165) is 11.1 Å². The number of carbonyl (C=O) groups excluding carboxylic acids is 3. The van der Waals surface area contributed by atoms with E-state index in [-0.39, 0.29) is 0 Å². The highest BCUT2D eigenvalue weighted by atomic mass is 16.5. The zero-order chi connectivity index (χ0) is 15.3. The smallest absolute Gasteiger partial charge is 0.339 e. The monoisotopic (exact) mass is 278 g/mol. The Labute approximate surface area is 117 Å². The summed E-state index contributed by atoms with van der Waals surface area (Å²) in [4.78, 5) is 34.5. The lowest BCUT2D eigenvalue weighted by Gasteiger charge is -2.13. The van der Waals surface area contributed by atoms with Crippen LogP contribution in [0.2, 0.25) is 0 Å². The van der Waals surface area contributed by atoms with Crippen molar-refractivity contribution in [3.63, 3.8) is 0 Å². The van der Waals surface area contributed by atoms with Crippen LogP contribution in [-0.4, -0.2) is 31.1 Å². The summed E-state index contributed by atoms with van der Waals surface area (Å²) in [6.07, 6.45) is -1.06. The number of amides is 3. The van der Waals surface area contributed by atoms with E-state index in [4.69, 9.17) is 4.74 Å². The summed E-state index contributed by atoms with van der Waals surface area (Å²) in [5.74, 6) is -1.27. The summed E-state index contributed by atoms with van der Waals surface area (Å²) in [7, 11) is 1.38. The van der Waals surface area contributed by atoms with Crippen LogP contribution in [0.3, 0.4) is 0 Å². The van der Waals surface area contributed by atoms with E-state index >= 15 is 0 Å². The molecule has 0 heterocycles. The molecule has 0 aliphatic heterocycles. The SMILES string of the molecule is CNC(=O)NC(=O)[C@@H](C)OC(=O)c1ccc(C)cc1C. The number of ether oxygens (including phenoxy) is 1. The first-order chi connectivity index (χ1) is 9.35. The Balaban J connectivity index is 2.70. The second kappa shape index (κ2) is 6.70. The topological polar surface area (TPSA) is 84.5 Å². The molecule has 0 aromatic heterocycles. The number of imide groups is 1. The van der Waals surface area contributed by atoms with Gasteiger partial charge in [-0.3, -0.25) is 10.1 Å². The molecule has 0 saturated carbocycles. The lowest BCUT2D eigenvalue weighted by atomic mass is 10.1. The third-order valence-electron chi connectivity index (χ3n) is 2.72. The standard InChI is InChI=1S/C14H18N2O4/c1-8-5-6-11(9(2)7-8)13(18)20-10(3)12(17)16-14(19)15-4/h5-7,10H,1-4H3,(H2,15,16,17,19)/t10-/m1/s1. The largest absolute Gasteiger partial charge is 0.449 e. The first-order valence-corrected chi connectivity index (χ1v) is 6.16. The van der Waals surface area contributed by atoms with Gasteiger partial charge in [-0.15, -0.1) is 0 Å². The van der Waals surface area contributed by atoms with Crippen LogP contribution in [0.4, 0.5) is 4.79 Å². The van der Waals surface area contributed by atoms with E-state index in [0.29, 0.717) is 5.56 Å². The number of hydrogen-bond donors (Lipinski definition) is 2. The Bertz CT molecular complexity index is 540. The number of urea groups is 1. The first kappa shape index (κ1) is 15.7. The molecule has 1 rings (SSSR count). The fourth-order valence-electron chi connectivity index (χ4n) is 1.60.